The highest BCUT2D eigenvalue weighted by atomic mass is 32.1. The molecule has 0 aliphatic rings. The van der Waals surface area contributed by atoms with Crippen molar-refractivity contribution in [1.82, 2.24) is 10.6 Å². The lowest BCUT2D eigenvalue weighted by Gasteiger charge is -2.10. The van der Waals surface area contributed by atoms with Crippen molar-refractivity contribution in [3.63, 3.8) is 0 Å². The molecule has 0 radical (unpaired) electrons. The van der Waals surface area contributed by atoms with Crippen molar-refractivity contribution in [3.8, 4) is 0 Å². The van der Waals surface area contributed by atoms with Crippen molar-refractivity contribution in [1.29, 1.82) is 0 Å². The Balaban J connectivity index is 1.92. The lowest BCUT2D eigenvalue weighted by atomic mass is 10.1. The summed E-state index contributed by atoms with van der Waals surface area (Å²) in [5, 5.41) is 8.26. The van der Waals surface area contributed by atoms with Crippen LogP contribution in [0.1, 0.15) is 15.9 Å². The Morgan fingerprint density at radius 1 is 1.04 bits per heavy atom. The summed E-state index contributed by atoms with van der Waals surface area (Å²) < 4.78 is 0. The summed E-state index contributed by atoms with van der Waals surface area (Å²) in [5.74, 6) is -0.385. The molecule has 0 aliphatic heterocycles. The largest absolute Gasteiger partial charge is 0.355 e. The number of rotatable bonds is 4. The first-order valence-electron chi connectivity index (χ1n) is 7.05. The van der Waals surface area contributed by atoms with E-state index < -0.39 is 0 Å². The molecule has 0 fully saturated rings. The molecule has 0 unspecified atom stereocenters. The van der Waals surface area contributed by atoms with Gasteiger partial charge < -0.3 is 16.0 Å². The van der Waals surface area contributed by atoms with Crippen LogP contribution in [0.3, 0.4) is 0 Å². The van der Waals surface area contributed by atoms with Gasteiger partial charge in [0.25, 0.3) is 5.91 Å². The summed E-state index contributed by atoms with van der Waals surface area (Å²) in [7, 11) is 1.57. The van der Waals surface area contributed by atoms with Crippen LogP contribution in [0.25, 0.3) is 0 Å². The Bertz CT molecular complexity index is 717. The highest BCUT2D eigenvalue weighted by Gasteiger charge is 2.08. The van der Waals surface area contributed by atoms with Gasteiger partial charge in [-0.3, -0.25) is 9.59 Å². The second kappa shape index (κ2) is 8.05. The van der Waals surface area contributed by atoms with Gasteiger partial charge in [-0.2, -0.15) is 0 Å². The van der Waals surface area contributed by atoms with Crippen LogP contribution in [-0.4, -0.2) is 24.0 Å². The Hall–Kier alpha value is -2.73. The molecule has 0 saturated carbocycles. The van der Waals surface area contributed by atoms with E-state index in [0.717, 1.165) is 5.56 Å². The topological polar surface area (TPSA) is 70.2 Å². The highest BCUT2D eigenvalue weighted by Crippen LogP contribution is 2.10. The molecule has 2 rings (SSSR count). The lowest BCUT2D eigenvalue weighted by molar-refractivity contribution is -0.119. The summed E-state index contributed by atoms with van der Waals surface area (Å²) in [5.41, 5.74) is 2.06. The molecule has 0 heterocycles. The third-order valence-electron chi connectivity index (χ3n) is 3.07. The number of nitrogens with one attached hydrogen (secondary N) is 3. The van der Waals surface area contributed by atoms with Gasteiger partial charge >= 0.3 is 0 Å². The van der Waals surface area contributed by atoms with Gasteiger partial charge in [0.05, 0.1) is 6.42 Å². The van der Waals surface area contributed by atoms with E-state index in [1.165, 1.54) is 0 Å². The van der Waals surface area contributed by atoms with Crippen LogP contribution in [0.5, 0.6) is 0 Å². The van der Waals surface area contributed by atoms with Crippen molar-refractivity contribution in [2.24, 2.45) is 0 Å². The van der Waals surface area contributed by atoms with Crippen molar-refractivity contribution >= 4 is 34.8 Å². The third kappa shape index (κ3) is 5.19. The minimum atomic E-state index is -0.198. The summed E-state index contributed by atoms with van der Waals surface area (Å²) in [4.78, 5) is 23.5. The molecule has 6 heteroatoms. The predicted molar refractivity (Wildman–Crippen MR) is 94.3 cm³/mol. The van der Waals surface area contributed by atoms with Crippen LogP contribution in [0.15, 0.2) is 54.6 Å². The second-order valence-electron chi connectivity index (χ2n) is 4.82. The van der Waals surface area contributed by atoms with Crippen LogP contribution in [0.2, 0.25) is 0 Å². The zero-order valence-corrected chi connectivity index (χ0v) is 13.4. The van der Waals surface area contributed by atoms with Crippen LogP contribution in [-0.2, 0) is 11.2 Å². The molecule has 0 bridgehead atoms. The van der Waals surface area contributed by atoms with E-state index in [9.17, 15) is 9.59 Å². The molecule has 118 valence electrons. The maximum Gasteiger partial charge on any atom is 0.251 e. The standard InChI is InChI=1S/C17H17N3O2S/c1-18-16(22)13-8-5-9-14(11-13)19-17(23)20-15(21)10-12-6-3-2-4-7-12/h2-9,11H,10H2,1H3,(H,18,22)(H2,19,20,21,23). The molecule has 2 amide bonds. The summed E-state index contributed by atoms with van der Waals surface area (Å²) >= 11 is 5.12. The highest BCUT2D eigenvalue weighted by molar-refractivity contribution is 7.80. The predicted octanol–water partition coefficient (Wildman–Crippen LogP) is 2.10. The summed E-state index contributed by atoms with van der Waals surface area (Å²) in [6.07, 6.45) is 0.251. The van der Waals surface area contributed by atoms with Gasteiger partial charge in [-0.05, 0) is 36.0 Å². The van der Waals surface area contributed by atoms with Gasteiger partial charge in [-0.15, -0.1) is 0 Å². The van der Waals surface area contributed by atoms with Gasteiger partial charge in [-0.1, -0.05) is 36.4 Å². The fourth-order valence-electron chi connectivity index (χ4n) is 2.00. The third-order valence-corrected chi connectivity index (χ3v) is 3.27. The fourth-order valence-corrected chi connectivity index (χ4v) is 2.23. The van der Waals surface area contributed by atoms with E-state index >= 15 is 0 Å². The number of thiocarbonyl (C=S) groups is 1. The maximum atomic E-state index is 11.9. The number of anilines is 1. The van der Waals surface area contributed by atoms with Gasteiger partial charge in [-0.25, -0.2) is 0 Å². The normalized spacial score (nSPS) is 9.78. The average Bonchev–Trinajstić information content (AvgIpc) is 2.55. The Kier molecular flexibility index (Phi) is 5.82. The minimum Gasteiger partial charge on any atom is -0.355 e. The molecule has 2 aromatic rings. The van der Waals surface area contributed by atoms with Crippen molar-refractivity contribution in [3.05, 3.63) is 65.7 Å². The van der Waals surface area contributed by atoms with Crippen LogP contribution >= 0.6 is 12.2 Å². The van der Waals surface area contributed by atoms with Gasteiger partial charge in [0.1, 0.15) is 0 Å². The lowest BCUT2D eigenvalue weighted by Crippen LogP contribution is -2.35. The molecule has 5 nitrogen and oxygen atoms in total. The van der Waals surface area contributed by atoms with Gasteiger partial charge in [0.2, 0.25) is 5.91 Å². The molecule has 0 spiro atoms. The van der Waals surface area contributed by atoms with Crippen molar-refractivity contribution in [2.75, 3.05) is 12.4 Å². The molecule has 0 aromatic heterocycles. The van der Waals surface area contributed by atoms with E-state index in [0.29, 0.717) is 11.3 Å². The first-order valence-corrected chi connectivity index (χ1v) is 7.46. The average molecular weight is 327 g/mol. The van der Waals surface area contributed by atoms with Crippen LogP contribution in [0.4, 0.5) is 5.69 Å². The Morgan fingerprint density at radius 3 is 2.48 bits per heavy atom. The second-order valence-corrected chi connectivity index (χ2v) is 5.23. The minimum absolute atomic E-state index is 0.187. The zero-order valence-electron chi connectivity index (χ0n) is 12.6. The van der Waals surface area contributed by atoms with Crippen molar-refractivity contribution in [2.45, 2.75) is 6.42 Å². The Morgan fingerprint density at radius 2 is 1.78 bits per heavy atom. The number of hydrogen-bond acceptors (Lipinski definition) is 3. The number of carbonyl (C=O) groups is 2. The molecule has 23 heavy (non-hydrogen) atoms. The molecular weight excluding hydrogens is 310 g/mol. The molecule has 3 N–H and O–H groups in total. The molecular formula is C17H17N3O2S. The monoisotopic (exact) mass is 327 g/mol. The van der Waals surface area contributed by atoms with Crippen molar-refractivity contribution < 1.29 is 9.59 Å². The fraction of sp³-hybridized carbons (Fsp3) is 0.118. The zero-order chi connectivity index (χ0) is 16.7. The molecule has 0 saturated heterocycles. The van der Waals surface area contributed by atoms with E-state index in [-0.39, 0.29) is 23.3 Å². The Labute approximate surface area is 140 Å². The number of carbonyl (C=O) groups excluding carboxylic acids is 2. The van der Waals surface area contributed by atoms with E-state index in [2.05, 4.69) is 16.0 Å². The molecule has 0 aliphatic carbocycles. The van der Waals surface area contributed by atoms with Crippen LogP contribution < -0.4 is 16.0 Å². The molecule has 0 atom stereocenters. The van der Waals surface area contributed by atoms with E-state index in [1.54, 1.807) is 31.3 Å². The van der Waals surface area contributed by atoms with Gasteiger partial charge in [0, 0.05) is 18.3 Å². The SMILES string of the molecule is CNC(=O)c1cccc(NC(=S)NC(=O)Cc2ccccc2)c1. The molecule has 2 aromatic carbocycles. The van der Waals surface area contributed by atoms with E-state index in [1.807, 2.05) is 30.3 Å². The smallest absolute Gasteiger partial charge is 0.251 e. The summed E-state index contributed by atoms with van der Waals surface area (Å²) in [6.45, 7) is 0. The maximum absolute atomic E-state index is 11.9. The van der Waals surface area contributed by atoms with Crippen LogP contribution in [0, 0.1) is 0 Å². The number of hydrogen-bond donors (Lipinski definition) is 3. The van der Waals surface area contributed by atoms with Gasteiger partial charge in [0.15, 0.2) is 5.11 Å². The first-order chi connectivity index (χ1) is 11.1. The quantitative estimate of drug-likeness (QED) is 0.752. The number of benzene rings is 2. The first kappa shape index (κ1) is 16.6. The summed E-state index contributed by atoms with van der Waals surface area (Å²) in [6, 6.07) is 16.3. The number of amides is 2. The van der Waals surface area contributed by atoms with E-state index in [4.69, 9.17) is 12.2 Å².